The van der Waals surface area contributed by atoms with E-state index in [4.69, 9.17) is 37.7 Å². The van der Waals surface area contributed by atoms with E-state index in [1.807, 2.05) is 90.4 Å². The van der Waals surface area contributed by atoms with Crippen LogP contribution in [0.2, 0.25) is 10.0 Å². The van der Waals surface area contributed by atoms with Gasteiger partial charge in [0.15, 0.2) is 0 Å². The van der Waals surface area contributed by atoms with E-state index in [0.29, 0.717) is 40.5 Å². The number of ether oxygens (including phenoxy) is 2. The number of aliphatic imine (C=N–C) groups is 1. The number of hydrogen-bond acceptors (Lipinski definition) is 5. The zero-order valence-corrected chi connectivity index (χ0v) is 23.7. The summed E-state index contributed by atoms with van der Waals surface area (Å²) < 4.78 is 11.7. The van der Waals surface area contributed by atoms with Crippen molar-refractivity contribution >= 4 is 35.1 Å². The first kappa shape index (κ1) is 27.3. The number of benzene rings is 3. The van der Waals surface area contributed by atoms with E-state index in [9.17, 15) is 4.79 Å². The summed E-state index contributed by atoms with van der Waals surface area (Å²) in [4.78, 5) is 23.3. The average Bonchev–Trinajstić information content (AvgIpc) is 3.33. The summed E-state index contributed by atoms with van der Waals surface area (Å²) in [7, 11) is 1.62. The lowest BCUT2D eigenvalue weighted by molar-refractivity contribution is 0.157. The first-order chi connectivity index (χ1) is 18.9. The standard InChI is InChI=1S/C30H32Cl2N4O3/c1-19(2)39-26-18-24(38-3)12-13-25(26)29-34-27(20-4-8-22(31)9-5-20)28(21-6-10-23(32)11-7-21)36(29)30(37)35-16-14-33-15-17-35/h4-13,18-19,27-28,33H,14-17H2,1-3H3/t27-,28+/m1/s1. The molecular weight excluding hydrogens is 535 g/mol. The molecule has 0 bridgehead atoms. The third-order valence-electron chi connectivity index (χ3n) is 6.88. The molecule has 0 aliphatic carbocycles. The lowest BCUT2D eigenvalue weighted by Crippen LogP contribution is -2.53. The predicted molar refractivity (Wildman–Crippen MR) is 155 cm³/mol. The number of carbonyl (C=O) groups is 1. The highest BCUT2D eigenvalue weighted by Crippen LogP contribution is 2.45. The average molecular weight is 568 g/mol. The summed E-state index contributed by atoms with van der Waals surface area (Å²) in [5, 5.41) is 4.60. The topological polar surface area (TPSA) is 66.4 Å². The van der Waals surface area contributed by atoms with Gasteiger partial charge in [-0.05, 0) is 61.4 Å². The maximum absolute atomic E-state index is 14.4. The van der Waals surface area contributed by atoms with Gasteiger partial charge in [0.25, 0.3) is 0 Å². The minimum Gasteiger partial charge on any atom is -0.497 e. The van der Waals surface area contributed by atoms with Crippen molar-refractivity contribution in [3.05, 3.63) is 93.5 Å². The van der Waals surface area contributed by atoms with Crippen LogP contribution in [0.4, 0.5) is 4.79 Å². The molecule has 2 aliphatic rings. The second kappa shape index (κ2) is 11.9. The summed E-state index contributed by atoms with van der Waals surface area (Å²) in [6.45, 7) is 6.64. The maximum atomic E-state index is 14.4. The van der Waals surface area contributed by atoms with E-state index in [2.05, 4.69) is 5.32 Å². The predicted octanol–water partition coefficient (Wildman–Crippen LogP) is 6.36. The Kier molecular flexibility index (Phi) is 8.31. The van der Waals surface area contributed by atoms with E-state index in [1.165, 1.54) is 0 Å². The Hall–Kier alpha value is -3.26. The molecule has 3 aromatic carbocycles. The number of amidine groups is 1. The van der Waals surface area contributed by atoms with Gasteiger partial charge in [-0.2, -0.15) is 0 Å². The third kappa shape index (κ3) is 5.86. The van der Waals surface area contributed by atoms with Gasteiger partial charge in [0.1, 0.15) is 23.4 Å². The number of amides is 2. The summed E-state index contributed by atoms with van der Waals surface area (Å²) in [5.41, 5.74) is 2.61. The number of rotatable bonds is 6. The van der Waals surface area contributed by atoms with Crippen LogP contribution in [0.3, 0.4) is 0 Å². The molecular formula is C30H32Cl2N4O3. The Morgan fingerprint density at radius 3 is 2.15 bits per heavy atom. The first-order valence-corrected chi connectivity index (χ1v) is 13.8. The molecule has 204 valence electrons. The molecule has 0 unspecified atom stereocenters. The number of nitrogens with one attached hydrogen (secondary N) is 1. The summed E-state index contributed by atoms with van der Waals surface area (Å²) in [5.74, 6) is 1.82. The first-order valence-electron chi connectivity index (χ1n) is 13.1. The molecule has 1 saturated heterocycles. The van der Waals surface area contributed by atoms with Crippen molar-refractivity contribution in [2.24, 2.45) is 4.99 Å². The van der Waals surface area contributed by atoms with Gasteiger partial charge in [0.05, 0.1) is 24.8 Å². The number of nitrogens with zero attached hydrogens (tertiary/aromatic N) is 3. The highest BCUT2D eigenvalue weighted by molar-refractivity contribution is 6.30. The summed E-state index contributed by atoms with van der Waals surface area (Å²) in [6.07, 6.45) is -0.0886. The fraction of sp³-hybridized carbons (Fsp3) is 0.333. The normalized spacial score (nSPS) is 19.3. The third-order valence-corrected chi connectivity index (χ3v) is 7.38. The van der Waals surface area contributed by atoms with Crippen LogP contribution in [0.5, 0.6) is 11.5 Å². The molecule has 0 radical (unpaired) electrons. The Morgan fingerprint density at radius 2 is 1.56 bits per heavy atom. The van der Waals surface area contributed by atoms with E-state index in [-0.39, 0.29) is 18.2 Å². The Morgan fingerprint density at radius 1 is 0.949 bits per heavy atom. The second-order valence-corrected chi connectivity index (χ2v) is 10.7. The molecule has 39 heavy (non-hydrogen) atoms. The second-order valence-electron chi connectivity index (χ2n) is 9.86. The van der Waals surface area contributed by atoms with E-state index in [0.717, 1.165) is 29.8 Å². The molecule has 2 aliphatic heterocycles. The van der Waals surface area contributed by atoms with Gasteiger partial charge in [0.2, 0.25) is 0 Å². The van der Waals surface area contributed by atoms with Crippen molar-refractivity contribution in [3.63, 3.8) is 0 Å². The molecule has 5 rings (SSSR count). The van der Waals surface area contributed by atoms with Crippen LogP contribution >= 0.6 is 23.2 Å². The van der Waals surface area contributed by atoms with Crippen LogP contribution in [0.25, 0.3) is 0 Å². The van der Waals surface area contributed by atoms with Crippen LogP contribution in [-0.4, -0.2) is 61.1 Å². The fourth-order valence-corrected chi connectivity index (χ4v) is 5.28. The fourth-order valence-electron chi connectivity index (χ4n) is 5.03. The maximum Gasteiger partial charge on any atom is 0.326 e. The number of piperazine rings is 1. The quantitative estimate of drug-likeness (QED) is 0.377. The largest absolute Gasteiger partial charge is 0.497 e. The van der Waals surface area contributed by atoms with Gasteiger partial charge in [-0.25, -0.2) is 4.79 Å². The summed E-state index contributed by atoms with van der Waals surface area (Å²) in [6, 6.07) is 20.0. The molecule has 1 fully saturated rings. The molecule has 1 N–H and O–H groups in total. The van der Waals surface area contributed by atoms with E-state index < -0.39 is 6.04 Å². The van der Waals surface area contributed by atoms with Crippen LogP contribution in [0.1, 0.15) is 42.6 Å². The van der Waals surface area contributed by atoms with Gasteiger partial charge >= 0.3 is 6.03 Å². The van der Waals surface area contributed by atoms with Crippen molar-refractivity contribution in [3.8, 4) is 11.5 Å². The number of hydrogen-bond donors (Lipinski definition) is 1. The zero-order valence-electron chi connectivity index (χ0n) is 22.2. The van der Waals surface area contributed by atoms with Crippen LogP contribution in [0, 0.1) is 0 Å². The molecule has 9 heteroatoms. The van der Waals surface area contributed by atoms with Crippen LogP contribution in [0.15, 0.2) is 71.7 Å². The minimum absolute atomic E-state index is 0.0886. The molecule has 2 heterocycles. The van der Waals surface area contributed by atoms with Gasteiger partial charge in [-0.1, -0.05) is 47.5 Å². The molecule has 0 aromatic heterocycles. The van der Waals surface area contributed by atoms with E-state index >= 15 is 0 Å². The van der Waals surface area contributed by atoms with Gasteiger partial charge in [-0.3, -0.25) is 9.89 Å². The van der Waals surface area contributed by atoms with Crippen molar-refractivity contribution in [1.29, 1.82) is 0 Å². The molecule has 2 amide bonds. The highest BCUT2D eigenvalue weighted by Gasteiger charge is 2.44. The van der Waals surface area contributed by atoms with Crippen molar-refractivity contribution in [1.82, 2.24) is 15.1 Å². The Labute approximate surface area is 239 Å². The molecule has 7 nitrogen and oxygen atoms in total. The minimum atomic E-state index is -0.408. The van der Waals surface area contributed by atoms with Crippen molar-refractivity contribution < 1.29 is 14.3 Å². The van der Waals surface area contributed by atoms with Gasteiger partial charge in [-0.15, -0.1) is 0 Å². The lowest BCUT2D eigenvalue weighted by Gasteiger charge is -2.36. The molecule has 2 atom stereocenters. The molecule has 3 aromatic rings. The lowest BCUT2D eigenvalue weighted by atomic mass is 9.93. The number of carbonyl (C=O) groups excluding carboxylic acids is 1. The van der Waals surface area contributed by atoms with Gasteiger partial charge in [0, 0.05) is 42.3 Å². The monoisotopic (exact) mass is 566 g/mol. The number of methoxy groups -OCH3 is 1. The zero-order chi connectivity index (χ0) is 27.5. The van der Waals surface area contributed by atoms with Gasteiger partial charge < -0.3 is 19.7 Å². The summed E-state index contributed by atoms with van der Waals surface area (Å²) >= 11 is 12.5. The smallest absolute Gasteiger partial charge is 0.326 e. The van der Waals surface area contributed by atoms with Crippen molar-refractivity contribution in [2.45, 2.75) is 32.0 Å². The molecule has 0 saturated carbocycles. The SMILES string of the molecule is COc1ccc(C2=N[C@H](c3ccc(Cl)cc3)[C@H](c3ccc(Cl)cc3)N2C(=O)N2CCNCC2)c(OC(C)C)c1. The van der Waals surface area contributed by atoms with Crippen LogP contribution < -0.4 is 14.8 Å². The Bertz CT molecular complexity index is 1340. The van der Waals surface area contributed by atoms with Crippen LogP contribution in [-0.2, 0) is 0 Å². The Balaban J connectivity index is 1.70. The highest BCUT2D eigenvalue weighted by atomic mass is 35.5. The number of halogens is 2. The molecule has 0 spiro atoms. The number of urea groups is 1. The van der Waals surface area contributed by atoms with Crippen molar-refractivity contribution in [2.75, 3.05) is 33.3 Å². The van der Waals surface area contributed by atoms with E-state index in [1.54, 1.807) is 7.11 Å².